The molecule has 0 saturated carbocycles. The van der Waals surface area contributed by atoms with Gasteiger partial charge in [-0.2, -0.15) is 10.1 Å². The Kier molecular flexibility index (Phi) is 3.94. The van der Waals surface area contributed by atoms with Crippen LogP contribution in [0.25, 0.3) is 0 Å². The molecule has 0 fully saturated rings. The lowest BCUT2D eigenvalue weighted by molar-refractivity contribution is 0.430. The molecule has 0 amide bonds. The Balaban J connectivity index is 1.74. The van der Waals surface area contributed by atoms with Crippen LogP contribution in [0.15, 0.2) is 48.8 Å². The van der Waals surface area contributed by atoms with Gasteiger partial charge in [0.15, 0.2) is 0 Å². The largest absolute Gasteiger partial charge is 0.348 e. The molecule has 2 atom stereocenters. The smallest absolute Gasteiger partial charge is 0.222 e. The second-order valence-electron chi connectivity index (χ2n) is 6.06. The molecule has 0 spiro atoms. The van der Waals surface area contributed by atoms with Gasteiger partial charge in [0.1, 0.15) is 6.33 Å². The quantitative estimate of drug-likeness (QED) is 0.697. The number of aryl methyl sites for hydroxylation is 1. The fourth-order valence-electron chi connectivity index (χ4n) is 3.22. The van der Waals surface area contributed by atoms with Crippen LogP contribution in [0.3, 0.4) is 0 Å². The number of rotatable bonds is 2. The number of hydrogen-bond acceptors (Lipinski definition) is 3. The van der Waals surface area contributed by atoms with Crippen molar-refractivity contribution in [2.75, 3.05) is 5.32 Å². The first-order valence-corrected chi connectivity index (χ1v) is 8.55. The van der Waals surface area contributed by atoms with Gasteiger partial charge in [0.05, 0.1) is 22.1 Å². The molecule has 0 aliphatic carbocycles. The van der Waals surface area contributed by atoms with E-state index in [0.29, 0.717) is 10.0 Å². The van der Waals surface area contributed by atoms with Gasteiger partial charge in [-0.25, -0.2) is 4.68 Å². The van der Waals surface area contributed by atoms with Gasteiger partial charge in [-0.3, -0.25) is 0 Å². The Labute approximate surface area is 150 Å². The van der Waals surface area contributed by atoms with Gasteiger partial charge in [0, 0.05) is 0 Å². The molecule has 6 heteroatoms. The van der Waals surface area contributed by atoms with Gasteiger partial charge in [-0.15, -0.1) is 0 Å². The highest BCUT2D eigenvalue weighted by atomic mass is 35.5. The van der Waals surface area contributed by atoms with E-state index in [9.17, 15) is 0 Å². The van der Waals surface area contributed by atoms with Crippen molar-refractivity contribution in [1.29, 1.82) is 0 Å². The monoisotopic (exact) mass is 358 g/mol. The molecule has 1 aliphatic rings. The molecule has 0 radical (unpaired) electrons. The van der Waals surface area contributed by atoms with Crippen molar-refractivity contribution in [2.24, 2.45) is 0 Å². The lowest BCUT2D eigenvalue weighted by Crippen LogP contribution is -2.28. The van der Waals surface area contributed by atoms with Crippen molar-refractivity contribution in [3.05, 3.63) is 75.5 Å². The topological polar surface area (TPSA) is 42.7 Å². The van der Waals surface area contributed by atoms with Crippen molar-refractivity contribution < 1.29 is 0 Å². The molecule has 1 aliphatic heterocycles. The van der Waals surface area contributed by atoms with E-state index < -0.39 is 0 Å². The molecule has 122 valence electrons. The molecular formula is C18H16Cl2N4. The van der Waals surface area contributed by atoms with Crippen LogP contribution >= 0.6 is 23.2 Å². The minimum Gasteiger partial charge on any atom is -0.348 e. The van der Waals surface area contributed by atoms with E-state index in [1.54, 1.807) is 6.33 Å². The van der Waals surface area contributed by atoms with Crippen LogP contribution in [0, 0.1) is 6.92 Å². The van der Waals surface area contributed by atoms with Crippen LogP contribution in [0.5, 0.6) is 0 Å². The summed E-state index contributed by atoms with van der Waals surface area (Å²) < 4.78 is 1.95. The number of nitrogens with zero attached hydrogens (tertiary/aromatic N) is 3. The van der Waals surface area contributed by atoms with E-state index in [1.165, 1.54) is 11.1 Å². The Morgan fingerprint density at radius 3 is 2.75 bits per heavy atom. The average Bonchev–Trinajstić information content (AvgIpc) is 3.05. The number of benzene rings is 2. The molecular weight excluding hydrogens is 343 g/mol. The number of aromatic nitrogens is 3. The molecule has 0 unspecified atom stereocenters. The van der Waals surface area contributed by atoms with Gasteiger partial charge in [0.2, 0.25) is 5.95 Å². The Morgan fingerprint density at radius 1 is 1.08 bits per heavy atom. The lowest BCUT2D eigenvalue weighted by Gasteiger charge is -2.32. The van der Waals surface area contributed by atoms with Crippen LogP contribution < -0.4 is 5.32 Å². The van der Waals surface area contributed by atoms with Crippen molar-refractivity contribution >= 4 is 29.2 Å². The molecule has 0 saturated heterocycles. The summed E-state index contributed by atoms with van der Waals surface area (Å²) in [5.41, 5.74) is 3.56. The molecule has 2 aromatic carbocycles. The first kappa shape index (κ1) is 15.5. The standard InChI is InChI=1S/C18H16Cl2N4/c1-11-3-2-4-13(7-11)17-9-16(23-18-21-10-22-24(17)18)12-5-6-14(19)15(20)8-12/h2-8,10,16-17H,9H2,1H3,(H,21,22,23)/t16-,17+/m1/s1. The first-order valence-electron chi connectivity index (χ1n) is 7.79. The second-order valence-corrected chi connectivity index (χ2v) is 6.88. The van der Waals surface area contributed by atoms with Crippen molar-refractivity contribution in [2.45, 2.75) is 25.4 Å². The van der Waals surface area contributed by atoms with E-state index >= 15 is 0 Å². The fraction of sp³-hybridized carbons (Fsp3) is 0.222. The molecule has 0 bridgehead atoms. The fourth-order valence-corrected chi connectivity index (χ4v) is 3.53. The highest BCUT2D eigenvalue weighted by Gasteiger charge is 2.30. The minimum atomic E-state index is 0.0991. The van der Waals surface area contributed by atoms with Gasteiger partial charge in [-0.05, 0) is 36.6 Å². The lowest BCUT2D eigenvalue weighted by atomic mass is 9.93. The van der Waals surface area contributed by atoms with Crippen molar-refractivity contribution in [1.82, 2.24) is 14.8 Å². The molecule has 4 nitrogen and oxygen atoms in total. The third-order valence-corrected chi connectivity index (χ3v) is 5.14. The third kappa shape index (κ3) is 2.76. The van der Waals surface area contributed by atoms with Gasteiger partial charge >= 0.3 is 0 Å². The summed E-state index contributed by atoms with van der Waals surface area (Å²) in [5.74, 6) is 0.767. The highest BCUT2D eigenvalue weighted by molar-refractivity contribution is 6.42. The maximum Gasteiger partial charge on any atom is 0.222 e. The Morgan fingerprint density at radius 2 is 1.96 bits per heavy atom. The maximum atomic E-state index is 6.19. The van der Waals surface area contributed by atoms with E-state index in [1.807, 2.05) is 22.9 Å². The molecule has 3 aromatic rings. The summed E-state index contributed by atoms with van der Waals surface area (Å²) in [7, 11) is 0. The molecule has 4 rings (SSSR count). The van der Waals surface area contributed by atoms with E-state index in [4.69, 9.17) is 23.2 Å². The van der Waals surface area contributed by atoms with Crippen molar-refractivity contribution in [3.63, 3.8) is 0 Å². The zero-order valence-electron chi connectivity index (χ0n) is 13.1. The SMILES string of the molecule is Cc1cccc([C@@H]2C[C@H](c3ccc(Cl)c(Cl)c3)Nc3ncnn32)c1. The van der Waals surface area contributed by atoms with Crippen LogP contribution in [0.4, 0.5) is 5.95 Å². The van der Waals surface area contributed by atoms with Crippen molar-refractivity contribution in [3.8, 4) is 0 Å². The minimum absolute atomic E-state index is 0.0991. The summed E-state index contributed by atoms with van der Waals surface area (Å²) in [6.07, 6.45) is 2.44. The summed E-state index contributed by atoms with van der Waals surface area (Å²) in [6, 6.07) is 14.5. The number of halogens is 2. The second kappa shape index (κ2) is 6.11. The third-order valence-electron chi connectivity index (χ3n) is 4.40. The van der Waals surface area contributed by atoms with E-state index in [0.717, 1.165) is 17.9 Å². The Bertz CT molecular complexity index is 890. The first-order chi connectivity index (χ1) is 11.6. The van der Waals surface area contributed by atoms with E-state index in [-0.39, 0.29) is 12.1 Å². The van der Waals surface area contributed by atoms with Crippen LogP contribution in [0.2, 0.25) is 10.0 Å². The summed E-state index contributed by atoms with van der Waals surface area (Å²) in [6.45, 7) is 2.10. The predicted octanol–water partition coefficient (Wildman–Crippen LogP) is 5.04. The van der Waals surface area contributed by atoms with Gasteiger partial charge in [0.25, 0.3) is 0 Å². The summed E-state index contributed by atoms with van der Waals surface area (Å²) in [5, 5.41) is 8.97. The van der Waals surface area contributed by atoms with E-state index in [2.05, 4.69) is 46.6 Å². The zero-order chi connectivity index (χ0) is 16.7. The molecule has 1 N–H and O–H groups in total. The maximum absolute atomic E-state index is 6.19. The zero-order valence-corrected chi connectivity index (χ0v) is 14.6. The summed E-state index contributed by atoms with van der Waals surface area (Å²) in [4.78, 5) is 4.35. The number of hydrogen-bond donors (Lipinski definition) is 1. The number of anilines is 1. The van der Waals surface area contributed by atoms with Crippen LogP contribution in [0.1, 0.15) is 35.2 Å². The normalized spacial score (nSPS) is 19.6. The van der Waals surface area contributed by atoms with Gasteiger partial charge < -0.3 is 5.32 Å². The number of fused-ring (bicyclic) bond motifs is 1. The highest BCUT2D eigenvalue weighted by Crippen LogP contribution is 2.38. The average molecular weight is 359 g/mol. The molecule has 1 aromatic heterocycles. The molecule has 2 heterocycles. The Hall–Kier alpha value is -2.04. The molecule has 24 heavy (non-hydrogen) atoms. The van der Waals surface area contributed by atoms with Gasteiger partial charge in [-0.1, -0.05) is 59.1 Å². The number of nitrogens with one attached hydrogen (secondary N) is 1. The predicted molar refractivity (Wildman–Crippen MR) is 96.8 cm³/mol. The summed E-state index contributed by atoms with van der Waals surface area (Å²) >= 11 is 12.2. The van der Waals surface area contributed by atoms with Crippen LogP contribution in [-0.4, -0.2) is 14.8 Å². The van der Waals surface area contributed by atoms with Crippen LogP contribution in [-0.2, 0) is 0 Å².